The van der Waals surface area contributed by atoms with Gasteiger partial charge in [-0.3, -0.25) is 0 Å². The van der Waals surface area contributed by atoms with Gasteiger partial charge < -0.3 is 5.32 Å². The van der Waals surface area contributed by atoms with Crippen LogP contribution in [-0.4, -0.2) is 6.54 Å². The summed E-state index contributed by atoms with van der Waals surface area (Å²) in [7, 11) is 0. The highest BCUT2D eigenvalue weighted by molar-refractivity contribution is 5.47. The average molecular weight is 251 g/mol. The van der Waals surface area contributed by atoms with Crippen LogP contribution in [0.2, 0.25) is 0 Å². The molecule has 0 saturated carbocycles. The number of benzene rings is 1. The van der Waals surface area contributed by atoms with Gasteiger partial charge in [0, 0.05) is 6.54 Å². The Kier molecular flexibility index (Phi) is 4.48. The molecule has 0 unspecified atom stereocenters. The fourth-order valence-corrected chi connectivity index (χ4v) is 1.22. The van der Waals surface area contributed by atoms with Crippen molar-refractivity contribution in [3.63, 3.8) is 0 Å². The van der Waals surface area contributed by atoms with E-state index >= 15 is 0 Å². The maximum atomic E-state index is 13.1. The lowest BCUT2D eigenvalue weighted by Gasteiger charge is -2.10. The second kappa shape index (κ2) is 5.65. The van der Waals surface area contributed by atoms with E-state index < -0.39 is 34.8 Å². The van der Waals surface area contributed by atoms with Gasteiger partial charge in [0.1, 0.15) is 5.69 Å². The molecule has 6 heteroatoms. The van der Waals surface area contributed by atoms with Crippen LogP contribution in [0.15, 0.2) is 12.7 Å². The van der Waals surface area contributed by atoms with Crippen LogP contribution in [0.3, 0.4) is 0 Å². The summed E-state index contributed by atoms with van der Waals surface area (Å²) in [6.07, 6.45) is 2.63. The van der Waals surface area contributed by atoms with Gasteiger partial charge in [-0.05, 0) is 12.8 Å². The fraction of sp³-hybridized carbons (Fsp3) is 0.273. The minimum Gasteiger partial charge on any atom is -0.380 e. The molecule has 0 aromatic heterocycles. The Hall–Kier alpha value is -1.59. The Morgan fingerprint density at radius 1 is 0.882 bits per heavy atom. The molecule has 0 heterocycles. The molecule has 1 aromatic carbocycles. The highest BCUT2D eigenvalue weighted by Gasteiger charge is 2.25. The molecule has 0 amide bonds. The molecule has 0 saturated heterocycles. The minimum atomic E-state index is -2.16. The molecule has 0 atom stereocenters. The van der Waals surface area contributed by atoms with Gasteiger partial charge >= 0.3 is 0 Å². The van der Waals surface area contributed by atoms with Crippen molar-refractivity contribution in [3.05, 3.63) is 41.7 Å². The quantitative estimate of drug-likeness (QED) is 0.276. The zero-order chi connectivity index (χ0) is 13.0. The topological polar surface area (TPSA) is 12.0 Å². The first kappa shape index (κ1) is 13.5. The number of unbranched alkanes of at least 4 members (excludes halogenated alkanes) is 1. The van der Waals surface area contributed by atoms with Crippen molar-refractivity contribution in [2.24, 2.45) is 0 Å². The van der Waals surface area contributed by atoms with Crippen molar-refractivity contribution in [2.75, 3.05) is 11.9 Å². The number of nitrogens with one attached hydrogen (secondary N) is 1. The lowest BCUT2D eigenvalue weighted by molar-refractivity contribution is 0.381. The van der Waals surface area contributed by atoms with Crippen LogP contribution in [0, 0.1) is 29.1 Å². The van der Waals surface area contributed by atoms with E-state index in [1.54, 1.807) is 6.08 Å². The predicted molar refractivity (Wildman–Crippen MR) is 54.2 cm³/mol. The smallest absolute Gasteiger partial charge is 0.200 e. The first-order chi connectivity index (χ1) is 8.00. The Morgan fingerprint density at radius 3 is 1.82 bits per heavy atom. The number of allylic oxidation sites excluding steroid dienone is 1. The minimum absolute atomic E-state index is 0.0877. The molecular weight excluding hydrogens is 241 g/mol. The molecule has 0 aliphatic rings. The summed E-state index contributed by atoms with van der Waals surface area (Å²) in [5.74, 6) is -9.75. The van der Waals surface area contributed by atoms with Crippen LogP contribution >= 0.6 is 0 Å². The Bertz CT molecular complexity index is 401. The fourth-order valence-electron chi connectivity index (χ4n) is 1.22. The summed E-state index contributed by atoms with van der Waals surface area (Å²) in [4.78, 5) is 0. The van der Waals surface area contributed by atoms with Gasteiger partial charge in [0.25, 0.3) is 0 Å². The van der Waals surface area contributed by atoms with Gasteiger partial charge in [-0.2, -0.15) is 0 Å². The summed E-state index contributed by atoms with van der Waals surface area (Å²) < 4.78 is 64.4. The van der Waals surface area contributed by atoms with Gasteiger partial charge in [-0.15, -0.1) is 6.58 Å². The highest BCUT2D eigenvalue weighted by atomic mass is 19.2. The molecule has 0 bridgehead atoms. The first-order valence-electron chi connectivity index (χ1n) is 4.86. The molecule has 0 aliphatic carbocycles. The zero-order valence-corrected chi connectivity index (χ0v) is 8.80. The van der Waals surface area contributed by atoms with Gasteiger partial charge in [0.05, 0.1) is 0 Å². The Balaban J connectivity index is 2.95. The van der Waals surface area contributed by atoms with Crippen LogP contribution in [0.4, 0.5) is 27.6 Å². The summed E-state index contributed by atoms with van der Waals surface area (Å²) in [6, 6.07) is 0. The van der Waals surface area contributed by atoms with Crippen molar-refractivity contribution in [1.82, 2.24) is 0 Å². The van der Waals surface area contributed by atoms with Gasteiger partial charge in [0.2, 0.25) is 5.82 Å². The van der Waals surface area contributed by atoms with Crippen molar-refractivity contribution in [3.8, 4) is 0 Å². The number of hydrogen-bond donors (Lipinski definition) is 1. The van der Waals surface area contributed by atoms with E-state index in [4.69, 9.17) is 0 Å². The zero-order valence-electron chi connectivity index (χ0n) is 8.80. The van der Waals surface area contributed by atoms with E-state index in [9.17, 15) is 22.0 Å². The molecule has 17 heavy (non-hydrogen) atoms. The van der Waals surface area contributed by atoms with Crippen LogP contribution in [0.1, 0.15) is 12.8 Å². The molecule has 1 N–H and O–H groups in total. The van der Waals surface area contributed by atoms with Crippen LogP contribution < -0.4 is 5.32 Å². The molecule has 94 valence electrons. The Morgan fingerprint density at radius 2 is 1.35 bits per heavy atom. The molecule has 0 fully saturated rings. The van der Waals surface area contributed by atoms with Crippen molar-refractivity contribution >= 4 is 5.69 Å². The average Bonchev–Trinajstić information content (AvgIpc) is 2.33. The van der Waals surface area contributed by atoms with Crippen LogP contribution in [0.25, 0.3) is 0 Å². The summed E-state index contributed by atoms with van der Waals surface area (Å²) >= 11 is 0. The van der Waals surface area contributed by atoms with E-state index in [1.165, 1.54) is 0 Å². The van der Waals surface area contributed by atoms with Crippen LogP contribution in [-0.2, 0) is 0 Å². The van der Waals surface area contributed by atoms with Gasteiger partial charge in [-0.1, -0.05) is 6.08 Å². The number of hydrogen-bond acceptors (Lipinski definition) is 1. The number of halogens is 5. The van der Waals surface area contributed by atoms with Crippen molar-refractivity contribution < 1.29 is 22.0 Å². The van der Waals surface area contributed by atoms with Gasteiger partial charge in [0.15, 0.2) is 23.3 Å². The maximum Gasteiger partial charge on any atom is 0.200 e. The van der Waals surface area contributed by atoms with Crippen LogP contribution in [0.5, 0.6) is 0 Å². The van der Waals surface area contributed by atoms with Gasteiger partial charge in [-0.25, -0.2) is 22.0 Å². The van der Waals surface area contributed by atoms with E-state index in [1.807, 2.05) is 0 Å². The number of rotatable bonds is 5. The summed E-state index contributed by atoms with van der Waals surface area (Å²) in [6.45, 7) is 3.52. The molecule has 0 spiro atoms. The van der Waals surface area contributed by atoms with E-state index in [2.05, 4.69) is 11.9 Å². The van der Waals surface area contributed by atoms with E-state index in [0.717, 1.165) is 0 Å². The Labute approximate surface area is 94.9 Å². The molecule has 1 rings (SSSR count). The van der Waals surface area contributed by atoms with E-state index in [0.29, 0.717) is 12.8 Å². The second-order valence-corrected chi connectivity index (χ2v) is 3.30. The monoisotopic (exact) mass is 251 g/mol. The van der Waals surface area contributed by atoms with Crippen molar-refractivity contribution in [1.29, 1.82) is 0 Å². The second-order valence-electron chi connectivity index (χ2n) is 3.30. The number of anilines is 1. The normalized spacial score (nSPS) is 10.4. The molecule has 1 nitrogen and oxygen atoms in total. The molecule has 1 aromatic rings. The summed E-state index contributed by atoms with van der Waals surface area (Å²) in [5, 5.41) is 2.18. The first-order valence-corrected chi connectivity index (χ1v) is 4.86. The highest BCUT2D eigenvalue weighted by Crippen LogP contribution is 2.26. The van der Waals surface area contributed by atoms with E-state index in [-0.39, 0.29) is 6.54 Å². The maximum absolute atomic E-state index is 13.1. The van der Waals surface area contributed by atoms with Crippen molar-refractivity contribution in [2.45, 2.75) is 12.8 Å². The lowest BCUT2D eigenvalue weighted by Crippen LogP contribution is -2.10. The largest absolute Gasteiger partial charge is 0.380 e. The third-order valence-electron chi connectivity index (χ3n) is 2.10. The summed E-state index contributed by atoms with van der Waals surface area (Å²) in [5.41, 5.74) is -0.995. The molecule has 0 radical (unpaired) electrons. The third-order valence-corrected chi connectivity index (χ3v) is 2.10. The standard InChI is InChI=1S/C11H10F5N/c1-2-3-4-5-17-11-9(15)7(13)6(12)8(14)10(11)16/h2,17H,1,3-5H2. The SMILES string of the molecule is C=CCCCNc1c(F)c(F)c(F)c(F)c1F. The molecule has 0 aliphatic heterocycles. The lowest BCUT2D eigenvalue weighted by atomic mass is 10.2. The predicted octanol–water partition coefficient (Wildman–Crippen LogP) is 3.76. The molecular formula is C11H10F5N. The third kappa shape index (κ3) is 2.75.